The van der Waals surface area contributed by atoms with E-state index in [0.717, 1.165) is 16.4 Å². The predicted octanol–water partition coefficient (Wildman–Crippen LogP) is 4.51. The zero-order valence-corrected chi connectivity index (χ0v) is 11.5. The number of rotatable bonds is 4. The number of thioether (sulfide) groups is 1. The lowest BCUT2D eigenvalue weighted by Gasteiger charge is -2.00. The SMILES string of the molecule is Fc1ccccc1CSc1ncc(-c2ccccc2)[nH]1. The van der Waals surface area contributed by atoms with Gasteiger partial charge in [0.05, 0.1) is 11.9 Å². The lowest BCUT2D eigenvalue weighted by molar-refractivity contribution is 0.617. The number of hydrogen-bond acceptors (Lipinski definition) is 2. The highest BCUT2D eigenvalue weighted by Gasteiger charge is 2.06. The van der Waals surface area contributed by atoms with Crippen LogP contribution in [0, 0.1) is 5.82 Å². The summed E-state index contributed by atoms with van der Waals surface area (Å²) in [5.41, 5.74) is 2.76. The molecule has 0 aliphatic rings. The first-order chi connectivity index (χ1) is 9.83. The molecule has 0 spiro atoms. The van der Waals surface area contributed by atoms with E-state index in [0.29, 0.717) is 11.3 Å². The van der Waals surface area contributed by atoms with Gasteiger partial charge in [0, 0.05) is 5.75 Å². The summed E-state index contributed by atoms with van der Waals surface area (Å²) < 4.78 is 13.5. The van der Waals surface area contributed by atoms with E-state index in [1.54, 1.807) is 18.3 Å². The van der Waals surface area contributed by atoms with Crippen molar-refractivity contribution < 1.29 is 4.39 Å². The molecule has 2 nitrogen and oxygen atoms in total. The van der Waals surface area contributed by atoms with Crippen molar-refractivity contribution in [1.29, 1.82) is 0 Å². The second-order valence-electron chi connectivity index (χ2n) is 4.35. The number of benzene rings is 2. The third kappa shape index (κ3) is 2.91. The van der Waals surface area contributed by atoms with Crippen LogP contribution in [-0.4, -0.2) is 9.97 Å². The number of imidazole rings is 1. The van der Waals surface area contributed by atoms with Gasteiger partial charge >= 0.3 is 0 Å². The van der Waals surface area contributed by atoms with Gasteiger partial charge in [0.2, 0.25) is 0 Å². The molecule has 1 aromatic heterocycles. The molecule has 3 aromatic rings. The van der Waals surface area contributed by atoms with Crippen molar-refractivity contribution >= 4 is 11.8 Å². The minimum atomic E-state index is -0.171. The fourth-order valence-corrected chi connectivity index (χ4v) is 2.74. The summed E-state index contributed by atoms with van der Waals surface area (Å²) in [7, 11) is 0. The van der Waals surface area contributed by atoms with Gasteiger partial charge in [-0.15, -0.1) is 0 Å². The zero-order valence-electron chi connectivity index (χ0n) is 10.7. The van der Waals surface area contributed by atoms with Crippen molar-refractivity contribution in [3.8, 4) is 11.3 Å². The topological polar surface area (TPSA) is 28.7 Å². The largest absolute Gasteiger partial charge is 0.333 e. The number of halogens is 1. The molecular formula is C16H13FN2S. The van der Waals surface area contributed by atoms with Crippen LogP contribution in [0.15, 0.2) is 66.0 Å². The van der Waals surface area contributed by atoms with Gasteiger partial charge in [0.15, 0.2) is 5.16 Å². The van der Waals surface area contributed by atoms with E-state index in [-0.39, 0.29) is 5.82 Å². The summed E-state index contributed by atoms with van der Waals surface area (Å²) in [5, 5.41) is 0.798. The van der Waals surface area contributed by atoms with E-state index >= 15 is 0 Å². The number of aromatic nitrogens is 2. The van der Waals surface area contributed by atoms with Crippen LogP contribution in [0.1, 0.15) is 5.56 Å². The molecule has 0 aliphatic heterocycles. The van der Waals surface area contributed by atoms with Gasteiger partial charge < -0.3 is 4.98 Å². The molecule has 0 unspecified atom stereocenters. The van der Waals surface area contributed by atoms with Gasteiger partial charge in [-0.05, 0) is 17.2 Å². The second-order valence-corrected chi connectivity index (χ2v) is 5.31. The predicted molar refractivity (Wildman–Crippen MR) is 80.0 cm³/mol. The Bertz CT molecular complexity index is 694. The van der Waals surface area contributed by atoms with Gasteiger partial charge in [-0.1, -0.05) is 60.3 Å². The quantitative estimate of drug-likeness (QED) is 0.714. The molecule has 100 valence electrons. The van der Waals surface area contributed by atoms with E-state index in [1.165, 1.54) is 17.8 Å². The Labute approximate surface area is 121 Å². The smallest absolute Gasteiger partial charge is 0.166 e. The summed E-state index contributed by atoms with van der Waals surface area (Å²) in [5.74, 6) is 0.392. The van der Waals surface area contributed by atoms with Crippen LogP contribution in [0.4, 0.5) is 4.39 Å². The summed E-state index contributed by atoms with van der Waals surface area (Å²) in [6.07, 6.45) is 1.80. The van der Waals surface area contributed by atoms with Gasteiger partial charge in [0.1, 0.15) is 5.82 Å². The van der Waals surface area contributed by atoms with Crippen LogP contribution in [0.3, 0.4) is 0 Å². The molecule has 0 bridgehead atoms. The number of hydrogen-bond donors (Lipinski definition) is 1. The highest BCUT2D eigenvalue weighted by Crippen LogP contribution is 2.24. The van der Waals surface area contributed by atoms with E-state index in [9.17, 15) is 4.39 Å². The van der Waals surface area contributed by atoms with Crippen LogP contribution in [0.25, 0.3) is 11.3 Å². The number of aromatic amines is 1. The first-order valence-electron chi connectivity index (χ1n) is 6.29. The molecule has 1 heterocycles. The van der Waals surface area contributed by atoms with Crippen LogP contribution >= 0.6 is 11.8 Å². The third-order valence-electron chi connectivity index (χ3n) is 2.96. The van der Waals surface area contributed by atoms with Gasteiger partial charge in [-0.2, -0.15) is 0 Å². The molecule has 0 fully saturated rings. The molecule has 0 amide bonds. The molecule has 1 N–H and O–H groups in total. The fourth-order valence-electron chi connectivity index (χ4n) is 1.90. The molecular weight excluding hydrogens is 271 g/mol. The van der Waals surface area contributed by atoms with E-state index in [4.69, 9.17) is 0 Å². The maximum Gasteiger partial charge on any atom is 0.166 e. The molecule has 0 radical (unpaired) electrons. The van der Waals surface area contributed by atoms with Crippen molar-refractivity contribution in [2.24, 2.45) is 0 Å². The molecule has 0 saturated carbocycles. The monoisotopic (exact) mass is 284 g/mol. The zero-order chi connectivity index (χ0) is 13.8. The third-order valence-corrected chi connectivity index (χ3v) is 3.90. The molecule has 4 heteroatoms. The standard InChI is InChI=1S/C16H13FN2S/c17-14-9-5-4-8-13(14)11-20-16-18-10-15(19-16)12-6-2-1-3-7-12/h1-10H,11H2,(H,18,19). The average molecular weight is 284 g/mol. The molecule has 20 heavy (non-hydrogen) atoms. The number of nitrogens with zero attached hydrogens (tertiary/aromatic N) is 1. The number of H-pyrrole nitrogens is 1. The van der Waals surface area contributed by atoms with Gasteiger partial charge in [0.25, 0.3) is 0 Å². The van der Waals surface area contributed by atoms with E-state index < -0.39 is 0 Å². The lowest BCUT2D eigenvalue weighted by Crippen LogP contribution is -1.87. The van der Waals surface area contributed by atoms with Crippen molar-refractivity contribution in [3.05, 3.63) is 72.2 Å². The average Bonchev–Trinajstić information content (AvgIpc) is 2.96. The normalized spacial score (nSPS) is 10.7. The van der Waals surface area contributed by atoms with Crippen LogP contribution in [0.5, 0.6) is 0 Å². The van der Waals surface area contributed by atoms with E-state index in [1.807, 2.05) is 36.4 Å². The maximum absolute atomic E-state index is 13.5. The Morgan fingerprint density at radius 2 is 1.75 bits per heavy atom. The first kappa shape index (κ1) is 12.9. The van der Waals surface area contributed by atoms with Crippen LogP contribution in [0.2, 0.25) is 0 Å². The minimum Gasteiger partial charge on any atom is -0.333 e. The van der Waals surface area contributed by atoms with Crippen molar-refractivity contribution in [3.63, 3.8) is 0 Å². The molecule has 3 rings (SSSR count). The Morgan fingerprint density at radius 3 is 2.55 bits per heavy atom. The second kappa shape index (κ2) is 5.92. The maximum atomic E-state index is 13.5. The van der Waals surface area contributed by atoms with Crippen molar-refractivity contribution in [2.45, 2.75) is 10.9 Å². The summed E-state index contributed by atoms with van der Waals surface area (Å²) >= 11 is 1.50. The Hall–Kier alpha value is -2.07. The molecule has 0 saturated heterocycles. The van der Waals surface area contributed by atoms with Crippen molar-refractivity contribution in [1.82, 2.24) is 9.97 Å². The summed E-state index contributed by atoms with van der Waals surface area (Å²) in [4.78, 5) is 7.57. The van der Waals surface area contributed by atoms with E-state index in [2.05, 4.69) is 9.97 Å². The highest BCUT2D eigenvalue weighted by atomic mass is 32.2. The number of nitrogens with one attached hydrogen (secondary N) is 1. The molecule has 2 aromatic carbocycles. The Balaban J connectivity index is 1.71. The Morgan fingerprint density at radius 1 is 1.00 bits per heavy atom. The highest BCUT2D eigenvalue weighted by molar-refractivity contribution is 7.98. The molecule has 0 aliphatic carbocycles. The van der Waals surface area contributed by atoms with Gasteiger partial charge in [-0.25, -0.2) is 9.37 Å². The summed E-state index contributed by atoms with van der Waals surface area (Å²) in [6, 6.07) is 16.8. The molecule has 0 atom stereocenters. The fraction of sp³-hybridized carbons (Fsp3) is 0.0625. The minimum absolute atomic E-state index is 0.171. The van der Waals surface area contributed by atoms with Crippen LogP contribution in [-0.2, 0) is 5.75 Å². The van der Waals surface area contributed by atoms with Crippen molar-refractivity contribution in [2.75, 3.05) is 0 Å². The summed E-state index contributed by atoms with van der Waals surface area (Å²) in [6.45, 7) is 0. The Kier molecular flexibility index (Phi) is 3.83. The lowest BCUT2D eigenvalue weighted by atomic mass is 10.2. The first-order valence-corrected chi connectivity index (χ1v) is 7.28. The van der Waals surface area contributed by atoms with Gasteiger partial charge in [-0.3, -0.25) is 0 Å². The van der Waals surface area contributed by atoms with Crippen LogP contribution < -0.4 is 0 Å².